The highest BCUT2D eigenvalue weighted by molar-refractivity contribution is 7.89. The molecule has 2 aromatic rings. The minimum Gasteiger partial charge on any atom is -0.464 e. The Bertz CT molecular complexity index is 675. The van der Waals surface area contributed by atoms with Gasteiger partial charge in [0.2, 0.25) is 10.0 Å². The highest BCUT2D eigenvalue weighted by Crippen LogP contribution is 2.41. The fourth-order valence-corrected chi connectivity index (χ4v) is 2.65. The number of primary sulfonamides is 1. The first-order valence-corrected chi connectivity index (χ1v) is 6.36. The van der Waals surface area contributed by atoms with Crippen LogP contribution in [0.25, 0.3) is 11.0 Å². The van der Waals surface area contributed by atoms with Crippen LogP contribution in [0.2, 0.25) is 0 Å². The molecular formula is C10H8F3NO3S. The molecule has 0 spiro atoms. The van der Waals surface area contributed by atoms with Gasteiger partial charge in [-0.15, -0.1) is 0 Å². The van der Waals surface area contributed by atoms with Gasteiger partial charge in [0.15, 0.2) is 5.25 Å². The highest BCUT2D eigenvalue weighted by Gasteiger charge is 2.49. The number of halogens is 3. The zero-order chi connectivity index (χ0) is 13.6. The molecule has 1 aromatic heterocycles. The predicted molar refractivity (Wildman–Crippen MR) is 58.1 cm³/mol. The monoisotopic (exact) mass is 279 g/mol. The van der Waals surface area contributed by atoms with Crippen molar-refractivity contribution in [2.24, 2.45) is 5.14 Å². The lowest BCUT2D eigenvalue weighted by Gasteiger charge is -2.16. The van der Waals surface area contributed by atoms with Crippen LogP contribution in [-0.4, -0.2) is 14.6 Å². The lowest BCUT2D eigenvalue weighted by molar-refractivity contribution is -0.131. The predicted octanol–water partition coefficient (Wildman–Crippen LogP) is 2.32. The third kappa shape index (κ3) is 2.21. The maximum atomic E-state index is 12.8. The molecule has 0 saturated heterocycles. The van der Waals surface area contributed by atoms with Gasteiger partial charge in [-0.3, -0.25) is 0 Å². The van der Waals surface area contributed by atoms with Crippen LogP contribution in [0.4, 0.5) is 13.2 Å². The zero-order valence-corrected chi connectivity index (χ0v) is 9.62. The third-order valence-corrected chi connectivity index (χ3v) is 3.60. The summed E-state index contributed by atoms with van der Waals surface area (Å²) < 4.78 is 65.6. The van der Waals surface area contributed by atoms with E-state index in [2.05, 4.69) is 5.14 Å². The second-order valence-electron chi connectivity index (χ2n) is 3.70. The van der Waals surface area contributed by atoms with Crippen molar-refractivity contribution in [3.8, 4) is 0 Å². The Kier molecular flexibility index (Phi) is 2.86. The number of furan rings is 1. The molecule has 18 heavy (non-hydrogen) atoms. The first-order chi connectivity index (χ1) is 8.21. The number of benzene rings is 1. The Morgan fingerprint density at radius 2 is 1.83 bits per heavy atom. The van der Waals surface area contributed by atoms with E-state index >= 15 is 0 Å². The maximum absolute atomic E-state index is 12.8. The van der Waals surface area contributed by atoms with E-state index in [9.17, 15) is 21.6 Å². The molecule has 2 rings (SSSR count). The van der Waals surface area contributed by atoms with Gasteiger partial charge in [-0.2, -0.15) is 13.2 Å². The molecule has 0 saturated carbocycles. The first-order valence-electron chi connectivity index (χ1n) is 4.75. The van der Waals surface area contributed by atoms with E-state index < -0.39 is 27.0 Å². The SMILES string of the molecule is NS(=O)(=O)C(c1coc2ccccc12)C(F)(F)F. The van der Waals surface area contributed by atoms with Crippen LogP contribution >= 0.6 is 0 Å². The topological polar surface area (TPSA) is 73.3 Å². The second-order valence-corrected chi connectivity index (χ2v) is 5.35. The Morgan fingerprint density at radius 3 is 2.39 bits per heavy atom. The zero-order valence-electron chi connectivity index (χ0n) is 8.81. The third-order valence-electron chi connectivity index (χ3n) is 2.42. The Labute approximate surface area is 100 Å². The van der Waals surface area contributed by atoms with Gasteiger partial charge >= 0.3 is 6.18 Å². The molecule has 0 amide bonds. The summed E-state index contributed by atoms with van der Waals surface area (Å²) in [5.41, 5.74) is -0.328. The average molecular weight is 279 g/mol. The maximum Gasteiger partial charge on any atom is 0.410 e. The molecule has 0 aliphatic rings. The number of rotatable bonds is 2. The molecule has 1 heterocycles. The normalized spacial score (nSPS) is 14.9. The second kappa shape index (κ2) is 3.99. The largest absolute Gasteiger partial charge is 0.464 e. The van der Waals surface area contributed by atoms with Crippen molar-refractivity contribution in [2.45, 2.75) is 11.4 Å². The van der Waals surface area contributed by atoms with Gasteiger partial charge in [-0.1, -0.05) is 18.2 Å². The molecule has 0 aliphatic heterocycles. The summed E-state index contributed by atoms with van der Waals surface area (Å²) in [4.78, 5) is 0. The minimum atomic E-state index is -5.00. The number of fused-ring (bicyclic) bond motifs is 1. The van der Waals surface area contributed by atoms with Gasteiger partial charge in [-0.05, 0) is 6.07 Å². The number of nitrogens with two attached hydrogens (primary N) is 1. The number of para-hydroxylation sites is 1. The van der Waals surface area contributed by atoms with Gasteiger partial charge in [0, 0.05) is 10.9 Å². The van der Waals surface area contributed by atoms with Gasteiger partial charge in [0.25, 0.3) is 0 Å². The fraction of sp³-hybridized carbons (Fsp3) is 0.200. The summed E-state index contributed by atoms with van der Waals surface area (Å²) in [7, 11) is -4.82. The van der Waals surface area contributed by atoms with Crippen LogP contribution in [-0.2, 0) is 10.0 Å². The molecule has 98 valence electrons. The van der Waals surface area contributed by atoms with E-state index in [1.54, 1.807) is 6.07 Å². The van der Waals surface area contributed by atoms with Crippen molar-refractivity contribution in [3.05, 3.63) is 36.1 Å². The molecule has 0 bridgehead atoms. The van der Waals surface area contributed by atoms with Crippen LogP contribution in [0.3, 0.4) is 0 Å². The van der Waals surface area contributed by atoms with Crippen LogP contribution < -0.4 is 5.14 Å². The summed E-state index contributed by atoms with van der Waals surface area (Å²) in [6.45, 7) is 0. The molecular weight excluding hydrogens is 271 g/mol. The Morgan fingerprint density at radius 1 is 1.22 bits per heavy atom. The average Bonchev–Trinajstić information content (AvgIpc) is 2.58. The summed E-state index contributed by atoms with van der Waals surface area (Å²) in [5, 5.41) is 1.95. The van der Waals surface area contributed by atoms with Gasteiger partial charge in [-0.25, -0.2) is 13.6 Å². The van der Waals surface area contributed by atoms with E-state index in [0.717, 1.165) is 6.26 Å². The van der Waals surface area contributed by atoms with Gasteiger partial charge in [0.1, 0.15) is 5.58 Å². The molecule has 0 fully saturated rings. The van der Waals surface area contributed by atoms with Crippen molar-refractivity contribution in [2.75, 3.05) is 0 Å². The molecule has 0 radical (unpaired) electrons. The first kappa shape index (κ1) is 12.9. The summed E-state index contributed by atoms with van der Waals surface area (Å²) in [6.07, 6.45) is -4.23. The van der Waals surface area contributed by atoms with E-state index in [4.69, 9.17) is 4.42 Å². The van der Waals surface area contributed by atoms with Crippen molar-refractivity contribution >= 4 is 21.0 Å². The van der Waals surface area contributed by atoms with Crippen LogP contribution in [0.15, 0.2) is 34.9 Å². The van der Waals surface area contributed by atoms with Crippen molar-refractivity contribution in [1.82, 2.24) is 0 Å². The summed E-state index contributed by atoms with van der Waals surface area (Å²) in [6, 6.07) is 5.83. The lowest BCUT2D eigenvalue weighted by Crippen LogP contribution is -2.33. The Balaban J connectivity index is 2.71. The van der Waals surface area contributed by atoms with Crippen molar-refractivity contribution < 1.29 is 26.0 Å². The summed E-state index contributed by atoms with van der Waals surface area (Å²) >= 11 is 0. The van der Waals surface area contributed by atoms with E-state index in [1.165, 1.54) is 18.2 Å². The van der Waals surface area contributed by atoms with Gasteiger partial charge in [0.05, 0.1) is 6.26 Å². The summed E-state index contributed by atoms with van der Waals surface area (Å²) in [5.74, 6) is 0. The molecule has 8 heteroatoms. The standard InChI is InChI=1S/C10H8F3NO3S/c11-10(12,13)9(18(14,15)16)7-5-17-8-4-2-1-3-6(7)8/h1-5,9H,(H2,14,15,16). The molecule has 0 aliphatic carbocycles. The van der Waals surface area contributed by atoms with E-state index in [-0.39, 0.29) is 11.0 Å². The number of hydrogen-bond acceptors (Lipinski definition) is 3. The quantitative estimate of drug-likeness (QED) is 0.916. The van der Waals surface area contributed by atoms with Crippen LogP contribution in [0.5, 0.6) is 0 Å². The molecule has 4 nitrogen and oxygen atoms in total. The number of alkyl halides is 3. The number of sulfonamides is 1. The van der Waals surface area contributed by atoms with Crippen LogP contribution in [0.1, 0.15) is 10.8 Å². The molecule has 1 atom stereocenters. The van der Waals surface area contributed by atoms with Gasteiger partial charge < -0.3 is 4.42 Å². The van der Waals surface area contributed by atoms with Crippen molar-refractivity contribution in [3.63, 3.8) is 0 Å². The van der Waals surface area contributed by atoms with E-state index in [0.29, 0.717) is 0 Å². The van der Waals surface area contributed by atoms with Crippen LogP contribution in [0, 0.1) is 0 Å². The minimum absolute atomic E-state index is 0.0776. The molecule has 2 N–H and O–H groups in total. The Hall–Kier alpha value is -1.54. The molecule has 1 aromatic carbocycles. The van der Waals surface area contributed by atoms with Crippen molar-refractivity contribution in [1.29, 1.82) is 0 Å². The van der Waals surface area contributed by atoms with E-state index in [1.807, 2.05) is 0 Å². The molecule has 1 unspecified atom stereocenters. The number of hydrogen-bond donors (Lipinski definition) is 1. The fourth-order valence-electron chi connectivity index (χ4n) is 1.74. The lowest BCUT2D eigenvalue weighted by atomic mass is 10.1. The highest BCUT2D eigenvalue weighted by atomic mass is 32.2. The smallest absolute Gasteiger partial charge is 0.410 e.